The summed E-state index contributed by atoms with van der Waals surface area (Å²) in [6.45, 7) is 8.38. The summed E-state index contributed by atoms with van der Waals surface area (Å²) < 4.78 is 5.36. The summed E-state index contributed by atoms with van der Waals surface area (Å²) in [6.07, 6.45) is 3.42. The Morgan fingerprint density at radius 3 is 2.64 bits per heavy atom. The van der Waals surface area contributed by atoms with Gasteiger partial charge in [-0.25, -0.2) is 0 Å². The van der Waals surface area contributed by atoms with E-state index in [2.05, 4.69) is 19.2 Å². The summed E-state index contributed by atoms with van der Waals surface area (Å²) in [6, 6.07) is 0.310. The zero-order chi connectivity index (χ0) is 10.4. The molecule has 84 valence electrons. The smallest absolute Gasteiger partial charge is 0.0471 e. The van der Waals surface area contributed by atoms with Crippen LogP contribution >= 0.6 is 0 Å². The minimum Gasteiger partial charge on any atom is -0.381 e. The van der Waals surface area contributed by atoms with Gasteiger partial charge in [-0.2, -0.15) is 0 Å². The van der Waals surface area contributed by atoms with Crippen LogP contribution in [0, 0.1) is 5.41 Å². The van der Waals surface area contributed by atoms with Crippen LogP contribution in [-0.4, -0.2) is 32.3 Å². The average Bonchev–Trinajstić information content (AvgIpc) is 2.14. The lowest BCUT2D eigenvalue weighted by molar-refractivity contribution is 0.0241. The van der Waals surface area contributed by atoms with Crippen LogP contribution in [0.2, 0.25) is 0 Å². The van der Waals surface area contributed by atoms with E-state index in [4.69, 9.17) is 10.5 Å². The monoisotopic (exact) mass is 200 g/mol. The largest absolute Gasteiger partial charge is 0.381 e. The summed E-state index contributed by atoms with van der Waals surface area (Å²) in [7, 11) is 0. The van der Waals surface area contributed by atoms with Crippen LogP contribution in [0.5, 0.6) is 0 Å². The molecular weight excluding hydrogens is 176 g/mol. The Balaban J connectivity index is 2.09. The number of rotatable bonds is 5. The summed E-state index contributed by atoms with van der Waals surface area (Å²) in [5.74, 6) is 0. The first-order valence-electron chi connectivity index (χ1n) is 5.66. The molecular formula is C11H24N2O. The molecule has 14 heavy (non-hydrogen) atoms. The molecule has 0 aromatic rings. The van der Waals surface area contributed by atoms with E-state index >= 15 is 0 Å². The Morgan fingerprint density at radius 1 is 1.43 bits per heavy atom. The van der Waals surface area contributed by atoms with Crippen molar-refractivity contribution in [3.8, 4) is 0 Å². The maximum absolute atomic E-state index is 5.68. The van der Waals surface area contributed by atoms with Crippen LogP contribution < -0.4 is 11.1 Å². The highest BCUT2D eigenvalue weighted by Gasteiger charge is 2.26. The lowest BCUT2D eigenvalue weighted by Gasteiger charge is -2.33. The van der Waals surface area contributed by atoms with Crippen molar-refractivity contribution < 1.29 is 4.74 Å². The van der Waals surface area contributed by atoms with Crippen molar-refractivity contribution in [1.29, 1.82) is 0 Å². The minimum atomic E-state index is 0.310. The average molecular weight is 200 g/mol. The molecule has 0 aliphatic carbocycles. The molecule has 1 heterocycles. The van der Waals surface area contributed by atoms with E-state index in [1.165, 1.54) is 12.8 Å². The summed E-state index contributed by atoms with van der Waals surface area (Å²) in [5, 5.41) is 3.49. The van der Waals surface area contributed by atoms with Crippen LogP contribution in [0.3, 0.4) is 0 Å². The van der Waals surface area contributed by atoms with Crippen LogP contribution in [0.25, 0.3) is 0 Å². The quantitative estimate of drug-likeness (QED) is 0.654. The molecule has 1 aliphatic rings. The van der Waals surface area contributed by atoms with Gasteiger partial charge in [0.15, 0.2) is 0 Å². The Bertz CT molecular complexity index is 153. The molecule has 0 saturated carbocycles. The van der Waals surface area contributed by atoms with Gasteiger partial charge in [-0.3, -0.25) is 0 Å². The van der Waals surface area contributed by atoms with Gasteiger partial charge in [0.05, 0.1) is 0 Å². The zero-order valence-corrected chi connectivity index (χ0v) is 9.51. The first-order valence-corrected chi connectivity index (χ1v) is 5.66. The predicted molar refractivity (Wildman–Crippen MR) is 59.3 cm³/mol. The molecule has 0 aromatic heterocycles. The molecule has 3 heteroatoms. The van der Waals surface area contributed by atoms with Crippen molar-refractivity contribution in [2.75, 3.05) is 26.3 Å². The number of nitrogens with one attached hydrogen (secondary N) is 1. The third-order valence-electron chi connectivity index (χ3n) is 3.03. The van der Waals surface area contributed by atoms with Gasteiger partial charge in [0, 0.05) is 25.8 Å². The highest BCUT2D eigenvalue weighted by atomic mass is 16.5. The Morgan fingerprint density at radius 2 is 2.07 bits per heavy atom. The second-order valence-corrected chi connectivity index (χ2v) is 4.87. The van der Waals surface area contributed by atoms with Crippen LogP contribution in [0.4, 0.5) is 0 Å². The molecule has 0 spiro atoms. The van der Waals surface area contributed by atoms with E-state index in [1.807, 2.05) is 0 Å². The highest BCUT2D eigenvalue weighted by molar-refractivity contribution is 4.79. The lowest BCUT2D eigenvalue weighted by atomic mass is 9.82. The Hall–Kier alpha value is -0.120. The topological polar surface area (TPSA) is 47.3 Å². The van der Waals surface area contributed by atoms with Crippen LogP contribution in [0.15, 0.2) is 0 Å². The number of ether oxygens (including phenoxy) is 1. The van der Waals surface area contributed by atoms with Gasteiger partial charge in [0.25, 0.3) is 0 Å². The molecule has 1 aliphatic heterocycles. The molecule has 1 saturated heterocycles. The molecule has 0 amide bonds. The third kappa shape index (κ3) is 4.40. The van der Waals surface area contributed by atoms with Crippen LogP contribution in [-0.2, 0) is 4.74 Å². The van der Waals surface area contributed by atoms with Crippen molar-refractivity contribution in [3.63, 3.8) is 0 Å². The zero-order valence-electron chi connectivity index (χ0n) is 9.51. The van der Waals surface area contributed by atoms with Crippen molar-refractivity contribution in [2.45, 2.75) is 39.2 Å². The molecule has 3 N–H and O–H groups in total. The summed E-state index contributed by atoms with van der Waals surface area (Å²) in [5.41, 5.74) is 6.13. The summed E-state index contributed by atoms with van der Waals surface area (Å²) in [4.78, 5) is 0. The van der Waals surface area contributed by atoms with Gasteiger partial charge in [0.2, 0.25) is 0 Å². The Labute approximate surface area is 87.4 Å². The fourth-order valence-electron chi connectivity index (χ4n) is 1.76. The second kappa shape index (κ2) is 5.69. The van der Waals surface area contributed by atoms with Crippen molar-refractivity contribution in [1.82, 2.24) is 5.32 Å². The fraction of sp³-hybridized carbons (Fsp3) is 1.00. The van der Waals surface area contributed by atoms with Gasteiger partial charge in [-0.1, -0.05) is 6.92 Å². The van der Waals surface area contributed by atoms with Crippen molar-refractivity contribution in [3.05, 3.63) is 0 Å². The molecule has 1 rings (SSSR count). The standard InChI is InChI=1S/C11H24N2O/c1-10(12)3-6-13-9-11(2)4-7-14-8-5-11/h10,13H,3-9,12H2,1-2H3. The highest BCUT2D eigenvalue weighted by Crippen LogP contribution is 2.28. The van der Waals surface area contributed by atoms with Gasteiger partial charge in [-0.15, -0.1) is 0 Å². The van der Waals surface area contributed by atoms with Gasteiger partial charge in [0.1, 0.15) is 0 Å². The molecule has 0 bridgehead atoms. The van der Waals surface area contributed by atoms with E-state index in [1.54, 1.807) is 0 Å². The normalized spacial score (nSPS) is 23.4. The van der Waals surface area contributed by atoms with Gasteiger partial charge >= 0.3 is 0 Å². The molecule has 1 unspecified atom stereocenters. The first-order chi connectivity index (χ1) is 6.62. The number of hydrogen-bond donors (Lipinski definition) is 2. The molecule has 1 fully saturated rings. The van der Waals surface area contributed by atoms with Crippen molar-refractivity contribution in [2.24, 2.45) is 11.1 Å². The van der Waals surface area contributed by atoms with Gasteiger partial charge in [-0.05, 0) is 38.1 Å². The SMILES string of the molecule is CC(N)CCNCC1(C)CCOCC1. The number of nitrogens with two attached hydrogens (primary N) is 1. The predicted octanol–water partition coefficient (Wildman–Crippen LogP) is 1.13. The van der Waals surface area contributed by atoms with E-state index in [0.717, 1.165) is 32.7 Å². The second-order valence-electron chi connectivity index (χ2n) is 4.87. The summed E-state index contributed by atoms with van der Waals surface area (Å²) >= 11 is 0. The maximum atomic E-state index is 5.68. The van der Waals surface area contributed by atoms with E-state index < -0.39 is 0 Å². The van der Waals surface area contributed by atoms with E-state index in [9.17, 15) is 0 Å². The lowest BCUT2D eigenvalue weighted by Crippen LogP contribution is -2.38. The molecule has 1 atom stereocenters. The minimum absolute atomic E-state index is 0.310. The van der Waals surface area contributed by atoms with E-state index in [0.29, 0.717) is 11.5 Å². The maximum Gasteiger partial charge on any atom is 0.0471 e. The van der Waals surface area contributed by atoms with Crippen LogP contribution in [0.1, 0.15) is 33.1 Å². The molecule has 3 nitrogen and oxygen atoms in total. The van der Waals surface area contributed by atoms with Gasteiger partial charge < -0.3 is 15.8 Å². The van der Waals surface area contributed by atoms with E-state index in [-0.39, 0.29) is 0 Å². The first kappa shape index (κ1) is 12.0. The third-order valence-corrected chi connectivity index (χ3v) is 3.03. The number of hydrogen-bond acceptors (Lipinski definition) is 3. The Kier molecular flexibility index (Phi) is 4.85. The molecule has 0 aromatic carbocycles. The fourth-order valence-corrected chi connectivity index (χ4v) is 1.76. The van der Waals surface area contributed by atoms with Crippen molar-refractivity contribution >= 4 is 0 Å². The molecule has 0 radical (unpaired) electrons.